The molecule has 10 heteroatoms. The topological polar surface area (TPSA) is 0 Å². The molecule has 0 amide bonds. The van der Waals surface area contributed by atoms with Crippen LogP contribution in [0.15, 0.2) is 0 Å². The lowest BCUT2D eigenvalue weighted by Gasteiger charge is -2.20. The summed E-state index contributed by atoms with van der Waals surface area (Å²) in [5.41, 5.74) is -4.39. The van der Waals surface area contributed by atoms with Crippen molar-refractivity contribution in [1.82, 2.24) is 0 Å². The van der Waals surface area contributed by atoms with Gasteiger partial charge in [-0.2, -0.15) is 0 Å². The quantitative estimate of drug-likeness (QED) is 0.299. The van der Waals surface area contributed by atoms with Crippen molar-refractivity contribution in [3.8, 4) is 11.1 Å². The number of hydrogen-bond acceptors (Lipinski definition) is 0. The van der Waals surface area contributed by atoms with Gasteiger partial charge in [0, 0.05) is 5.56 Å². The van der Waals surface area contributed by atoms with E-state index in [9.17, 15) is 39.5 Å². The maximum atomic E-state index is 14.3. The lowest BCUT2D eigenvalue weighted by Crippen LogP contribution is -2.14. The lowest BCUT2D eigenvalue weighted by atomic mass is 9.74. The van der Waals surface area contributed by atoms with Crippen LogP contribution in [0, 0.1) is 52.4 Å². The first-order valence-electron chi connectivity index (χ1n) is 7.43. The van der Waals surface area contributed by atoms with Crippen molar-refractivity contribution in [3.63, 3.8) is 0 Å². The fraction of sp³-hybridized carbons (Fsp3) is 0.250. The van der Waals surface area contributed by atoms with Crippen LogP contribution in [0.1, 0.15) is 31.1 Å². The lowest BCUT2D eigenvalue weighted by molar-refractivity contribution is 0.378. The van der Waals surface area contributed by atoms with Gasteiger partial charge in [-0.05, 0) is 11.4 Å². The number of benzene rings is 2. The van der Waals surface area contributed by atoms with Gasteiger partial charge in [0.15, 0.2) is 46.5 Å². The maximum absolute atomic E-state index is 14.3. The summed E-state index contributed by atoms with van der Waals surface area (Å²) in [5, 5.41) is 0. The Kier molecular flexibility index (Phi) is 5.62. The van der Waals surface area contributed by atoms with Gasteiger partial charge in [0.25, 0.3) is 0 Å². The largest absolute Gasteiger partial charge is 0.203 e. The fourth-order valence-corrected chi connectivity index (χ4v) is 2.76. The highest BCUT2D eigenvalue weighted by Crippen LogP contribution is 2.41. The van der Waals surface area contributed by atoms with Gasteiger partial charge in [-0.1, -0.05) is 19.8 Å². The predicted molar refractivity (Wildman–Crippen MR) is 77.7 cm³/mol. The van der Waals surface area contributed by atoms with E-state index in [2.05, 4.69) is 0 Å². The molecule has 1 atom stereocenters. The molecule has 0 aromatic heterocycles. The minimum atomic E-state index is -2.52. The number of hydrogen-bond donors (Lipinski definition) is 0. The van der Waals surface area contributed by atoms with Crippen molar-refractivity contribution in [2.24, 2.45) is 0 Å². The van der Waals surface area contributed by atoms with Crippen LogP contribution in [0.5, 0.6) is 0 Å². The highest BCUT2D eigenvalue weighted by molar-refractivity contribution is 6.13. The van der Waals surface area contributed by atoms with E-state index in [4.69, 9.17) is 0 Å². The van der Waals surface area contributed by atoms with E-state index < -0.39 is 74.9 Å². The van der Waals surface area contributed by atoms with Gasteiger partial charge >= 0.3 is 0 Å². The Morgan fingerprint density at radius 1 is 0.577 bits per heavy atom. The van der Waals surface area contributed by atoms with Gasteiger partial charge in [0.1, 0.15) is 7.85 Å². The van der Waals surface area contributed by atoms with Crippen LogP contribution in [0.3, 0.4) is 0 Å². The second kappa shape index (κ2) is 7.24. The van der Waals surface area contributed by atoms with Crippen molar-refractivity contribution in [2.45, 2.75) is 25.6 Å². The second-order valence-corrected chi connectivity index (χ2v) is 5.68. The summed E-state index contributed by atoms with van der Waals surface area (Å²) in [6.07, 6.45) is 0.377. The van der Waals surface area contributed by atoms with Gasteiger partial charge in [0.2, 0.25) is 5.82 Å². The Morgan fingerprint density at radius 2 is 0.923 bits per heavy atom. The first kappa shape index (κ1) is 20.2. The first-order chi connectivity index (χ1) is 12.1. The Morgan fingerprint density at radius 3 is 1.35 bits per heavy atom. The van der Waals surface area contributed by atoms with Gasteiger partial charge in [-0.25, -0.2) is 39.5 Å². The van der Waals surface area contributed by atoms with Crippen molar-refractivity contribution in [3.05, 3.63) is 57.9 Å². The molecule has 0 bridgehead atoms. The molecule has 0 N–H and O–H groups in total. The average Bonchev–Trinajstić information content (AvgIpc) is 2.61. The van der Waals surface area contributed by atoms with Crippen molar-refractivity contribution < 1.29 is 39.5 Å². The van der Waals surface area contributed by atoms with Crippen molar-refractivity contribution in [1.29, 1.82) is 0 Å². The minimum absolute atomic E-state index is 0.0455. The summed E-state index contributed by atoms with van der Waals surface area (Å²) < 4.78 is 124. The van der Waals surface area contributed by atoms with Crippen LogP contribution in [0.2, 0.25) is 0 Å². The second-order valence-electron chi connectivity index (χ2n) is 5.68. The summed E-state index contributed by atoms with van der Waals surface area (Å²) in [6, 6.07) is 0. The Balaban J connectivity index is 3.04. The van der Waals surface area contributed by atoms with E-state index in [0.29, 0.717) is 6.42 Å². The van der Waals surface area contributed by atoms with E-state index in [1.807, 2.05) is 0 Å². The van der Waals surface area contributed by atoms with Crippen LogP contribution in [-0.4, -0.2) is 7.85 Å². The molecule has 26 heavy (non-hydrogen) atoms. The zero-order valence-corrected chi connectivity index (χ0v) is 13.4. The van der Waals surface area contributed by atoms with Crippen molar-refractivity contribution in [2.75, 3.05) is 0 Å². The summed E-state index contributed by atoms with van der Waals surface area (Å²) >= 11 is 0. The molecule has 2 aromatic rings. The molecule has 0 heterocycles. The zero-order valence-electron chi connectivity index (χ0n) is 13.4. The third-order valence-corrected chi connectivity index (χ3v) is 3.98. The molecule has 0 radical (unpaired) electrons. The molecule has 0 aliphatic carbocycles. The molecule has 2 rings (SSSR count). The molecular formula is C16H10BF9. The molecule has 1 unspecified atom stereocenters. The van der Waals surface area contributed by atoms with Gasteiger partial charge < -0.3 is 0 Å². The van der Waals surface area contributed by atoms with E-state index in [0.717, 1.165) is 0 Å². The van der Waals surface area contributed by atoms with E-state index in [-0.39, 0.29) is 6.42 Å². The summed E-state index contributed by atoms with van der Waals surface area (Å²) in [4.78, 5) is 0. The van der Waals surface area contributed by atoms with Gasteiger partial charge in [0.05, 0.1) is 5.56 Å². The monoisotopic (exact) mass is 384 g/mol. The molecule has 0 aliphatic rings. The third kappa shape index (κ3) is 2.95. The molecule has 0 aliphatic heterocycles. The fourth-order valence-electron chi connectivity index (χ4n) is 2.76. The molecule has 0 saturated heterocycles. The van der Waals surface area contributed by atoms with E-state index >= 15 is 0 Å². The van der Waals surface area contributed by atoms with Crippen LogP contribution < -0.4 is 0 Å². The SMILES string of the molecule is BC(CCC)c1c(F)c(F)c(F)c(F)c1-c1c(F)c(F)c(F)c(F)c1F. The van der Waals surface area contributed by atoms with E-state index in [1.165, 1.54) is 7.85 Å². The molecule has 0 nitrogen and oxygen atoms in total. The number of halogens is 9. The summed E-state index contributed by atoms with van der Waals surface area (Å²) in [5.74, 6) is -22.3. The zero-order chi connectivity index (χ0) is 19.9. The average molecular weight is 384 g/mol. The Labute approximate surface area is 143 Å². The Bertz CT molecular complexity index is 850. The minimum Gasteiger partial charge on any atom is -0.203 e. The third-order valence-electron chi connectivity index (χ3n) is 3.98. The predicted octanol–water partition coefficient (Wildman–Crippen LogP) is 5.08. The molecular weight excluding hydrogens is 374 g/mol. The standard InChI is InChI=1S/C16H10BF9/c1-2-3-4(17)5-6(9(19)13(23)12(22)8(5)18)7-10(20)14(24)16(26)15(25)11(7)21/h4H,2-3,17H2,1H3. The number of rotatable bonds is 4. The van der Waals surface area contributed by atoms with Crippen LogP contribution in [-0.2, 0) is 0 Å². The molecule has 0 fully saturated rings. The van der Waals surface area contributed by atoms with Crippen LogP contribution in [0.25, 0.3) is 11.1 Å². The highest BCUT2D eigenvalue weighted by Gasteiger charge is 2.35. The van der Waals surface area contributed by atoms with Gasteiger partial charge in [-0.3, -0.25) is 0 Å². The molecule has 0 spiro atoms. The molecule has 140 valence electrons. The first-order valence-corrected chi connectivity index (χ1v) is 7.43. The van der Waals surface area contributed by atoms with Crippen LogP contribution >= 0.6 is 0 Å². The summed E-state index contributed by atoms with van der Waals surface area (Å²) in [6.45, 7) is 1.60. The molecule has 2 aromatic carbocycles. The smallest absolute Gasteiger partial charge is 0.200 e. The normalized spacial score (nSPS) is 12.5. The molecule has 0 saturated carbocycles. The Hall–Kier alpha value is -2.13. The van der Waals surface area contributed by atoms with Crippen LogP contribution in [0.4, 0.5) is 39.5 Å². The summed E-state index contributed by atoms with van der Waals surface area (Å²) in [7, 11) is 1.22. The highest BCUT2D eigenvalue weighted by atomic mass is 19.2. The van der Waals surface area contributed by atoms with Gasteiger partial charge in [-0.15, -0.1) is 0 Å². The maximum Gasteiger partial charge on any atom is 0.200 e. The van der Waals surface area contributed by atoms with E-state index in [1.54, 1.807) is 6.92 Å². The van der Waals surface area contributed by atoms with Crippen molar-refractivity contribution >= 4 is 7.85 Å².